The summed E-state index contributed by atoms with van der Waals surface area (Å²) >= 11 is 0. The van der Waals surface area contributed by atoms with Crippen LogP contribution in [-0.4, -0.2) is 23.2 Å². The van der Waals surface area contributed by atoms with Gasteiger partial charge in [-0.3, -0.25) is 14.5 Å². The molecular formula is C11H9NO2. The zero-order valence-electron chi connectivity index (χ0n) is 9.36. The molecule has 0 aliphatic carbocycles. The first-order chi connectivity index (χ1) is 7.49. The van der Waals surface area contributed by atoms with Crippen molar-refractivity contribution < 1.29 is 12.3 Å². The van der Waals surface area contributed by atoms with Gasteiger partial charge in [-0.25, -0.2) is 0 Å². The van der Waals surface area contributed by atoms with Crippen LogP contribution in [0.25, 0.3) is 0 Å². The minimum absolute atomic E-state index is 0.234. The van der Waals surface area contributed by atoms with E-state index in [1.54, 1.807) is 12.1 Å². The summed E-state index contributed by atoms with van der Waals surface area (Å²) in [5, 5.41) is 0. The lowest BCUT2D eigenvalue weighted by molar-refractivity contribution is 0.0672. The molecule has 3 nitrogen and oxygen atoms in total. The molecule has 1 aromatic rings. The van der Waals surface area contributed by atoms with Crippen LogP contribution in [0.15, 0.2) is 36.9 Å². The van der Waals surface area contributed by atoms with Gasteiger partial charge >= 0.3 is 0 Å². The van der Waals surface area contributed by atoms with Crippen LogP contribution in [0.1, 0.15) is 23.5 Å². The van der Waals surface area contributed by atoms with Crippen LogP contribution < -0.4 is 0 Å². The normalized spacial score (nSPS) is 17.6. The molecule has 0 radical (unpaired) electrons. The second-order valence-electron chi connectivity index (χ2n) is 2.82. The number of hydrogen-bond donors (Lipinski definition) is 0. The van der Waals surface area contributed by atoms with Gasteiger partial charge in [0, 0.05) is 6.50 Å². The van der Waals surface area contributed by atoms with E-state index in [4.69, 9.17) is 2.74 Å². The Morgan fingerprint density at radius 1 is 1.29 bits per heavy atom. The maximum atomic E-state index is 11.8. The van der Waals surface area contributed by atoms with Crippen LogP contribution in [0.2, 0.25) is 0 Å². The van der Waals surface area contributed by atoms with E-state index in [1.165, 1.54) is 12.1 Å². The molecule has 2 amide bonds. The van der Waals surface area contributed by atoms with Crippen LogP contribution in [0.4, 0.5) is 0 Å². The lowest BCUT2D eigenvalue weighted by atomic mass is 10.1. The van der Waals surface area contributed by atoms with Crippen LogP contribution >= 0.6 is 0 Å². The lowest BCUT2D eigenvalue weighted by Crippen LogP contribution is -2.29. The van der Waals surface area contributed by atoms with Gasteiger partial charge in [0.2, 0.25) is 0 Å². The van der Waals surface area contributed by atoms with Gasteiger partial charge in [-0.15, -0.1) is 6.58 Å². The van der Waals surface area contributed by atoms with E-state index in [1.807, 2.05) is 0 Å². The molecule has 3 heteroatoms. The Morgan fingerprint density at radius 3 is 2.21 bits per heavy atom. The summed E-state index contributed by atoms with van der Waals surface area (Å²) in [5.74, 6) is -1.24. The zero-order chi connectivity index (χ0) is 11.9. The molecule has 0 aromatic heterocycles. The summed E-state index contributed by atoms with van der Waals surface area (Å²) in [4.78, 5) is 24.2. The van der Waals surface area contributed by atoms with Crippen LogP contribution in [0.3, 0.4) is 0 Å². The fourth-order valence-electron chi connectivity index (χ4n) is 1.40. The molecule has 1 aromatic carbocycles. The Labute approximate surface area is 84.5 Å². The highest BCUT2D eigenvalue weighted by molar-refractivity contribution is 6.21. The van der Waals surface area contributed by atoms with Gasteiger partial charge in [-0.05, 0) is 12.1 Å². The van der Waals surface area contributed by atoms with Crippen LogP contribution in [-0.2, 0) is 0 Å². The van der Waals surface area contributed by atoms with Gasteiger partial charge in [-0.2, -0.15) is 0 Å². The van der Waals surface area contributed by atoms with Crippen molar-refractivity contribution in [3.8, 4) is 0 Å². The van der Waals surface area contributed by atoms with Crippen LogP contribution in [0.5, 0.6) is 0 Å². The molecule has 0 N–H and O–H groups in total. The molecule has 1 aliphatic heterocycles. The molecule has 0 fully saturated rings. The van der Waals surface area contributed by atoms with Crippen molar-refractivity contribution in [1.29, 1.82) is 0 Å². The van der Waals surface area contributed by atoms with E-state index in [-0.39, 0.29) is 11.1 Å². The van der Waals surface area contributed by atoms with E-state index < -0.39 is 18.3 Å². The van der Waals surface area contributed by atoms with Gasteiger partial charge in [0.1, 0.15) is 0 Å². The third kappa shape index (κ3) is 1.06. The molecule has 1 heterocycles. The number of rotatable bonds is 2. The summed E-state index contributed by atoms with van der Waals surface area (Å²) in [7, 11) is 0. The molecular weight excluding hydrogens is 178 g/mol. The fraction of sp³-hybridized carbons (Fsp3) is 0.0909. The molecule has 0 atom stereocenters. The number of hydrogen-bond acceptors (Lipinski definition) is 2. The molecule has 70 valence electrons. The maximum absolute atomic E-state index is 11.8. The third-order valence-corrected chi connectivity index (χ3v) is 2.01. The monoisotopic (exact) mass is 189 g/mol. The first-order valence-electron chi connectivity index (χ1n) is 5.10. The maximum Gasteiger partial charge on any atom is 0.261 e. The van der Waals surface area contributed by atoms with E-state index >= 15 is 0 Å². The number of nitrogens with zero attached hydrogens (tertiary/aromatic N) is 1. The van der Waals surface area contributed by atoms with Gasteiger partial charge in [-0.1, -0.05) is 18.2 Å². The van der Waals surface area contributed by atoms with Crippen molar-refractivity contribution in [2.45, 2.75) is 0 Å². The largest absolute Gasteiger partial charge is 0.270 e. The third-order valence-electron chi connectivity index (χ3n) is 2.01. The number of benzene rings is 1. The predicted molar refractivity (Wildman–Crippen MR) is 52.0 cm³/mol. The van der Waals surface area contributed by atoms with Crippen molar-refractivity contribution in [1.82, 2.24) is 4.90 Å². The Morgan fingerprint density at radius 2 is 1.79 bits per heavy atom. The SMILES string of the molecule is [2H]C([2H])(C=C)N1C(=O)c2ccccc2C1=O. The summed E-state index contributed by atoms with van der Waals surface area (Å²) in [6, 6.07) is 6.29. The van der Waals surface area contributed by atoms with Crippen molar-refractivity contribution in [3.63, 3.8) is 0 Å². The molecule has 1 aliphatic rings. The summed E-state index contributed by atoms with van der Waals surface area (Å²) in [6.07, 6.45) is 0.939. The smallest absolute Gasteiger partial charge is 0.261 e. The van der Waals surface area contributed by atoms with E-state index in [9.17, 15) is 9.59 Å². The molecule has 0 saturated heterocycles. The summed E-state index contributed by atoms with van der Waals surface area (Å²) in [5.41, 5.74) is 0.469. The van der Waals surface area contributed by atoms with Crippen molar-refractivity contribution in [2.24, 2.45) is 0 Å². The molecule has 2 rings (SSSR count). The first kappa shape index (κ1) is 6.54. The Kier molecular flexibility index (Phi) is 1.45. The molecule has 0 spiro atoms. The fourth-order valence-corrected chi connectivity index (χ4v) is 1.40. The molecule has 0 saturated carbocycles. The van der Waals surface area contributed by atoms with E-state index in [2.05, 4.69) is 6.58 Å². The topological polar surface area (TPSA) is 37.4 Å². The Bertz CT molecular complexity index is 462. The Balaban J connectivity index is 2.55. The zero-order valence-corrected chi connectivity index (χ0v) is 7.36. The van der Waals surface area contributed by atoms with Gasteiger partial charge in [0.25, 0.3) is 11.8 Å². The van der Waals surface area contributed by atoms with E-state index in [0.717, 1.165) is 6.08 Å². The average Bonchev–Trinajstić information content (AvgIpc) is 2.53. The van der Waals surface area contributed by atoms with Gasteiger partial charge in [0.05, 0.1) is 13.9 Å². The second-order valence-corrected chi connectivity index (χ2v) is 2.82. The molecule has 0 bridgehead atoms. The highest BCUT2D eigenvalue weighted by atomic mass is 16.2. The minimum atomic E-state index is -2.16. The number of fused-ring (bicyclic) bond motifs is 1. The molecule has 14 heavy (non-hydrogen) atoms. The number of imide groups is 1. The first-order valence-corrected chi connectivity index (χ1v) is 4.10. The minimum Gasteiger partial charge on any atom is -0.270 e. The van der Waals surface area contributed by atoms with Crippen molar-refractivity contribution in [2.75, 3.05) is 6.50 Å². The van der Waals surface area contributed by atoms with Gasteiger partial charge < -0.3 is 0 Å². The van der Waals surface area contributed by atoms with Crippen molar-refractivity contribution in [3.05, 3.63) is 48.0 Å². The lowest BCUT2D eigenvalue weighted by Gasteiger charge is -2.09. The second kappa shape index (κ2) is 3.10. The summed E-state index contributed by atoms with van der Waals surface area (Å²) < 4.78 is 15.1. The number of amides is 2. The number of carbonyl (C=O) groups is 2. The van der Waals surface area contributed by atoms with Crippen molar-refractivity contribution >= 4 is 11.8 Å². The Hall–Kier alpha value is -1.90. The van der Waals surface area contributed by atoms with Crippen LogP contribution in [0, 0.1) is 0 Å². The molecule has 0 unspecified atom stereocenters. The summed E-state index contributed by atoms with van der Waals surface area (Å²) in [6.45, 7) is 1.13. The standard InChI is InChI=1S/C11H9NO2/c1-2-7-12-10(13)8-5-3-4-6-9(8)11(12)14/h2-6H,1,7H2/i7D2. The average molecular weight is 189 g/mol. The van der Waals surface area contributed by atoms with Gasteiger partial charge in [0.15, 0.2) is 0 Å². The number of carbonyl (C=O) groups excluding carboxylic acids is 2. The van der Waals surface area contributed by atoms with E-state index in [0.29, 0.717) is 4.90 Å². The highest BCUT2D eigenvalue weighted by Gasteiger charge is 2.33. The highest BCUT2D eigenvalue weighted by Crippen LogP contribution is 2.21. The predicted octanol–water partition coefficient (Wildman–Crippen LogP) is 1.47. The quantitative estimate of drug-likeness (QED) is 0.522.